The first kappa shape index (κ1) is 14.5. The van der Waals surface area contributed by atoms with Crippen LogP contribution in [-0.2, 0) is 9.59 Å². The minimum atomic E-state index is -0.881. The first-order chi connectivity index (χ1) is 8.49. The van der Waals surface area contributed by atoms with Crippen molar-refractivity contribution in [3.05, 3.63) is 30.1 Å². The Balaban J connectivity index is 2.39. The number of amides is 1. The lowest BCUT2D eigenvalue weighted by molar-refractivity contribution is -0.136. The summed E-state index contributed by atoms with van der Waals surface area (Å²) in [5, 5.41) is 10.8. The van der Waals surface area contributed by atoms with Crippen LogP contribution in [0.25, 0.3) is 0 Å². The number of benzene rings is 1. The molecule has 0 bridgehead atoms. The average Bonchev–Trinajstić information content (AvgIpc) is 2.31. The molecule has 2 N–H and O–H groups in total. The van der Waals surface area contributed by atoms with Crippen LogP contribution in [0, 0.1) is 5.82 Å². The summed E-state index contributed by atoms with van der Waals surface area (Å²) < 4.78 is 12.7. The lowest BCUT2D eigenvalue weighted by Crippen LogP contribution is -2.23. The molecule has 18 heavy (non-hydrogen) atoms. The topological polar surface area (TPSA) is 66.4 Å². The van der Waals surface area contributed by atoms with Crippen LogP contribution in [0.4, 0.5) is 10.1 Å². The standard InChI is InChI=1S/C12H14FNO3S/c1-8(18-7-6-11(15)16)12(17)14-10-4-2-9(13)3-5-10/h2-5,8H,6-7H2,1H3,(H,14,17)(H,15,16). The second-order valence-corrected chi connectivity index (χ2v) is 5.10. The van der Waals surface area contributed by atoms with Gasteiger partial charge in [-0.2, -0.15) is 0 Å². The van der Waals surface area contributed by atoms with Gasteiger partial charge < -0.3 is 10.4 Å². The number of anilines is 1. The molecule has 0 aliphatic rings. The number of hydrogen-bond acceptors (Lipinski definition) is 3. The molecule has 0 saturated carbocycles. The highest BCUT2D eigenvalue weighted by Gasteiger charge is 2.13. The third-order valence-corrected chi connectivity index (χ3v) is 3.32. The Labute approximate surface area is 109 Å². The molecular weight excluding hydrogens is 257 g/mol. The first-order valence-corrected chi connectivity index (χ1v) is 6.43. The number of carbonyl (C=O) groups excluding carboxylic acids is 1. The zero-order valence-corrected chi connectivity index (χ0v) is 10.7. The van der Waals surface area contributed by atoms with Crippen LogP contribution in [-0.4, -0.2) is 28.0 Å². The van der Waals surface area contributed by atoms with Gasteiger partial charge in [0.1, 0.15) is 5.82 Å². The van der Waals surface area contributed by atoms with Crippen molar-refractivity contribution in [2.24, 2.45) is 0 Å². The number of carboxylic acids is 1. The van der Waals surface area contributed by atoms with E-state index in [0.717, 1.165) is 0 Å². The average molecular weight is 271 g/mol. The van der Waals surface area contributed by atoms with E-state index in [4.69, 9.17) is 5.11 Å². The molecule has 0 heterocycles. The van der Waals surface area contributed by atoms with Crippen molar-refractivity contribution >= 4 is 29.3 Å². The van der Waals surface area contributed by atoms with E-state index in [1.54, 1.807) is 6.92 Å². The van der Waals surface area contributed by atoms with Gasteiger partial charge in [-0.15, -0.1) is 11.8 Å². The van der Waals surface area contributed by atoms with Gasteiger partial charge in [-0.1, -0.05) is 0 Å². The van der Waals surface area contributed by atoms with Crippen LogP contribution in [0.3, 0.4) is 0 Å². The van der Waals surface area contributed by atoms with E-state index < -0.39 is 5.97 Å². The van der Waals surface area contributed by atoms with E-state index in [1.165, 1.54) is 36.0 Å². The zero-order valence-electron chi connectivity index (χ0n) is 9.85. The molecule has 1 rings (SSSR count). The molecule has 98 valence electrons. The molecular formula is C12H14FNO3S. The van der Waals surface area contributed by atoms with Gasteiger partial charge in [0.25, 0.3) is 0 Å². The number of aliphatic carboxylic acids is 1. The summed E-state index contributed by atoms with van der Waals surface area (Å²) in [5.41, 5.74) is 0.520. The molecule has 0 fully saturated rings. The SMILES string of the molecule is CC(SCCC(=O)O)C(=O)Nc1ccc(F)cc1. The van der Waals surface area contributed by atoms with Crippen molar-refractivity contribution < 1.29 is 19.1 Å². The molecule has 0 radical (unpaired) electrons. The summed E-state index contributed by atoms with van der Waals surface area (Å²) in [6.07, 6.45) is 0.0266. The van der Waals surface area contributed by atoms with Crippen molar-refractivity contribution in [3.63, 3.8) is 0 Å². The Hall–Kier alpha value is -1.56. The molecule has 1 amide bonds. The Bertz CT molecular complexity index is 422. The zero-order chi connectivity index (χ0) is 13.5. The van der Waals surface area contributed by atoms with E-state index in [2.05, 4.69) is 5.32 Å². The molecule has 0 aromatic heterocycles. The maximum absolute atomic E-state index is 12.7. The Morgan fingerprint density at radius 2 is 2.00 bits per heavy atom. The van der Waals surface area contributed by atoms with Crippen molar-refractivity contribution in [2.45, 2.75) is 18.6 Å². The lowest BCUT2D eigenvalue weighted by atomic mass is 10.3. The summed E-state index contributed by atoms with van der Waals surface area (Å²) >= 11 is 1.27. The number of carbonyl (C=O) groups is 2. The lowest BCUT2D eigenvalue weighted by Gasteiger charge is -2.11. The quantitative estimate of drug-likeness (QED) is 0.833. The highest BCUT2D eigenvalue weighted by molar-refractivity contribution is 8.00. The van der Waals surface area contributed by atoms with Crippen LogP contribution in [0.2, 0.25) is 0 Å². The van der Waals surface area contributed by atoms with Crippen LogP contribution in [0.5, 0.6) is 0 Å². The highest BCUT2D eigenvalue weighted by Crippen LogP contribution is 2.15. The summed E-state index contributed by atoms with van der Waals surface area (Å²) in [6, 6.07) is 5.47. The first-order valence-electron chi connectivity index (χ1n) is 5.39. The van der Waals surface area contributed by atoms with Crippen LogP contribution in [0.15, 0.2) is 24.3 Å². The van der Waals surface area contributed by atoms with Gasteiger partial charge in [-0.05, 0) is 31.2 Å². The fourth-order valence-electron chi connectivity index (χ4n) is 1.18. The normalized spacial score (nSPS) is 11.9. The Morgan fingerprint density at radius 3 is 2.56 bits per heavy atom. The third-order valence-electron chi connectivity index (χ3n) is 2.16. The second-order valence-electron chi connectivity index (χ2n) is 3.65. The number of thioether (sulfide) groups is 1. The third kappa shape index (κ3) is 5.18. The summed E-state index contributed by atoms with van der Waals surface area (Å²) in [4.78, 5) is 22.0. The van der Waals surface area contributed by atoms with Crippen molar-refractivity contribution in [3.8, 4) is 0 Å². The van der Waals surface area contributed by atoms with E-state index in [1.807, 2.05) is 0 Å². The molecule has 0 aliphatic carbocycles. The van der Waals surface area contributed by atoms with Gasteiger partial charge >= 0.3 is 5.97 Å². The highest BCUT2D eigenvalue weighted by atomic mass is 32.2. The smallest absolute Gasteiger partial charge is 0.304 e. The van der Waals surface area contributed by atoms with Crippen molar-refractivity contribution in [2.75, 3.05) is 11.1 Å². The monoisotopic (exact) mass is 271 g/mol. The fourth-order valence-corrected chi connectivity index (χ4v) is 2.03. The molecule has 6 heteroatoms. The van der Waals surface area contributed by atoms with E-state index in [0.29, 0.717) is 11.4 Å². The van der Waals surface area contributed by atoms with Gasteiger partial charge in [-0.25, -0.2) is 4.39 Å². The largest absolute Gasteiger partial charge is 0.481 e. The molecule has 0 saturated heterocycles. The maximum atomic E-state index is 12.7. The van der Waals surface area contributed by atoms with Crippen LogP contribution in [0.1, 0.15) is 13.3 Å². The van der Waals surface area contributed by atoms with E-state index in [-0.39, 0.29) is 23.4 Å². The number of nitrogens with one attached hydrogen (secondary N) is 1. The molecule has 1 unspecified atom stereocenters. The van der Waals surface area contributed by atoms with Gasteiger partial charge in [0.15, 0.2) is 0 Å². The molecule has 1 aromatic carbocycles. The summed E-state index contributed by atoms with van der Waals surface area (Å²) in [7, 11) is 0. The molecule has 0 aliphatic heterocycles. The van der Waals surface area contributed by atoms with Crippen molar-refractivity contribution in [1.82, 2.24) is 0 Å². The van der Waals surface area contributed by atoms with Crippen LogP contribution >= 0.6 is 11.8 Å². The van der Waals surface area contributed by atoms with E-state index >= 15 is 0 Å². The molecule has 0 spiro atoms. The van der Waals surface area contributed by atoms with Crippen molar-refractivity contribution in [1.29, 1.82) is 0 Å². The number of hydrogen-bond donors (Lipinski definition) is 2. The molecule has 4 nitrogen and oxygen atoms in total. The predicted molar refractivity (Wildman–Crippen MR) is 69.2 cm³/mol. The summed E-state index contributed by atoms with van der Waals surface area (Å²) in [6.45, 7) is 1.70. The fraction of sp³-hybridized carbons (Fsp3) is 0.333. The maximum Gasteiger partial charge on any atom is 0.304 e. The minimum Gasteiger partial charge on any atom is -0.481 e. The van der Waals surface area contributed by atoms with Crippen LogP contribution < -0.4 is 5.32 Å². The number of halogens is 1. The Kier molecular flexibility index (Phi) is 5.64. The van der Waals surface area contributed by atoms with Gasteiger partial charge in [0, 0.05) is 11.4 Å². The Morgan fingerprint density at radius 1 is 1.39 bits per heavy atom. The minimum absolute atomic E-state index is 0.0266. The van der Waals surface area contributed by atoms with Gasteiger partial charge in [0.2, 0.25) is 5.91 Å². The molecule has 1 aromatic rings. The van der Waals surface area contributed by atoms with Gasteiger partial charge in [0.05, 0.1) is 11.7 Å². The second kappa shape index (κ2) is 7.00. The number of carboxylic acid groups (broad SMARTS) is 1. The number of rotatable bonds is 6. The van der Waals surface area contributed by atoms with Gasteiger partial charge in [-0.3, -0.25) is 9.59 Å². The molecule has 1 atom stereocenters. The summed E-state index contributed by atoms with van der Waals surface area (Å²) in [5.74, 6) is -1.09. The predicted octanol–water partition coefficient (Wildman–Crippen LogP) is 2.36. The van der Waals surface area contributed by atoms with E-state index in [9.17, 15) is 14.0 Å².